The van der Waals surface area contributed by atoms with E-state index in [2.05, 4.69) is 96.6 Å². The van der Waals surface area contributed by atoms with Gasteiger partial charge in [-0.25, -0.2) is 0 Å². The Bertz CT molecular complexity index is 568. The maximum atomic E-state index is 2.97. The summed E-state index contributed by atoms with van der Waals surface area (Å²) in [5.74, 6) is 0. The molecule has 0 aliphatic carbocycles. The Hall–Kier alpha value is -0.400. The Morgan fingerprint density at radius 2 is 0.962 bits per heavy atom. The zero-order valence-corrected chi connectivity index (χ0v) is 19.7. The standard InChI is InChI=1S/C24H36IP/c1-3-5-7-15-21-26(25,22-16-8-6-4-2,23-17-11-9-12-18-23)24-19-13-10-14-20-24/h9-14,17-20H,3-8,15-16,21-22H2,1-2H3. The van der Waals surface area contributed by atoms with E-state index in [0.717, 1.165) is 0 Å². The van der Waals surface area contributed by atoms with Crippen molar-refractivity contribution in [3.8, 4) is 0 Å². The van der Waals surface area contributed by atoms with Crippen LogP contribution in [0.25, 0.3) is 0 Å². The molecule has 0 saturated heterocycles. The summed E-state index contributed by atoms with van der Waals surface area (Å²) in [6.07, 6.45) is 13.5. The van der Waals surface area contributed by atoms with Gasteiger partial charge in [0.1, 0.15) is 0 Å². The summed E-state index contributed by atoms with van der Waals surface area (Å²) in [6.45, 7) is 4.62. The van der Waals surface area contributed by atoms with Crippen molar-refractivity contribution in [2.75, 3.05) is 12.3 Å². The van der Waals surface area contributed by atoms with Crippen LogP contribution >= 0.6 is 26.3 Å². The van der Waals surface area contributed by atoms with Crippen molar-refractivity contribution in [2.45, 2.75) is 65.2 Å². The molecule has 2 heteroatoms. The third kappa shape index (κ3) is 5.32. The van der Waals surface area contributed by atoms with Crippen LogP contribution in [0.1, 0.15) is 65.2 Å². The summed E-state index contributed by atoms with van der Waals surface area (Å²) in [4.78, 5) is 0. The van der Waals surface area contributed by atoms with Crippen LogP contribution in [0.4, 0.5) is 0 Å². The molecule has 0 atom stereocenters. The van der Waals surface area contributed by atoms with Crippen LogP contribution in [0.15, 0.2) is 60.7 Å². The Kier molecular flexibility index (Phi) is 9.10. The summed E-state index contributed by atoms with van der Waals surface area (Å²) in [7, 11) is 0. The van der Waals surface area contributed by atoms with Crippen molar-refractivity contribution in [1.29, 1.82) is 0 Å². The van der Waals surface area contributed by atoms with Crippen LogP contribution in [0.3, 0.4) is 0 Å². The molecule has 0 amide bonds. The van der Waals surface area contributed by atoms with Crippen molar-refractivity contribution in [2.24, 2.45) is 0 Å². The van der Waals surface area contributed by atoms with Gasteiger partial charge in [0.25, 0.3) is 0 Å². The summed E-state index contributed by atoms with van der Waals surface area (Å²) in [6, 6.07) is 23.0. The van der Waals surface area contributed by atoms with E-state index in [4.69, 9.17) is 0 Å². The van der Waals surface area contributed by atoms with Crippen LogP contribution < -0.4 is 10.6 Å². The number of rotatable bonds is 12. The van der Waals surface area contributed by atoms with E-state index in [1.165, 1.54) is 63.7 Å². The predicted molar refractivity (Wildman–Crippen MR) is 131 cm³/mol. The predicted octanol–water partition coefficient (Wildman–Crippen LogP) is 7.70. The topological polar surface area (TPSA) is 0 Å². The SMILES string of the molecule is CCCCCCP(I)(CCCCCC)(c1ccccc1)c1ccccc1. The molecule has 0 N–H and O–H groups in total. The molecule has 26 heavy (non-hydrogen) atoms. The minimum absolute atomic E-state index is 1.31. The minimum atomic E-state index is -2.18. The first kappa shape index (κ1) is 21.9. The fourth-order valence-electron chi connectivity index (χ4n) is 4.05. The summed E-state index contributed by atoms with van der Waals surface area (Å²) in [5, 5.41) is 3.22. The first-order valence-corrected chi connectivity index (χ1v) is 15.9. The van der Waals surface area contributed by atoms with Gasteiger partial charge in [0.05, 0.1) is 0 Å². The van der Waals surface area contributed by atoms with Gasteiger partial charge in [0.2, 0.25) is 0 Å². The second-order valence-corrected chi connectivity index (χ2v) is 19.3. The van der Waals surface area contributed by atoms with E-state index in [1.807, 2.05) is 0 Å². The molecule has 2 aromatic carbocycles. The molecule has 0 nitrogen and oxygen atoms in total. The molecule has 0 radical (unpaired) electrons. The second kappa shape index (κ2) is 10.8. The fraction of sp³-hybridized carbons (Fsp3) is 0.500. The number of benzene rings is 2. The Balaban J connectivity index is 2.44. The molecule has 0 aliphatic heterocycles. The summed E-state index contributed by atoms with van der Waals surface area (Å²) in [5.41, 5.74) is 0. The quantitative estimate of drug-likeness (QED) is 0.165. The van der Waals surface area contributed by atoms with Gasteiger partial charge in [0, 0.05) is 0 Å². The van der Waals surface area contributed by atoms with Gasteiger partial charge in [-0.1, -0.05) is 0 Å². The third-order valence-electron chi connectivity index (χ3n) is 5.65. The molecule has 0 aliphatic rings. The van der Waals surface area contributed by atoms with Crippen molar-refractivity contribution in [3.63, 3.8) is 0 Å². The van der Waals surface area contributed by atoms with Crippen molar-refractivity contribution in [1.82, 2.24) is 0 Å². The Morgan fingerprint density at radius 1 is 0.577 bits per heavy atom. The van der Waals surface area contributed by atoms with Crippen LogP contribution in [-0.4, -0.2) is 12.3 Å². The molecule has 2 rings (SSSR count). The first-order valence-electron chi connectivity index (χ1n) is 10.5. The Morgan fingerprint density at radius 3 is 1.31 bits per heavy atom. The molecule has 0 fully saturated rings. The van der Waals surface area contributed by atoms with Gasteiger partial charge < -0.3 is 0 Å². The van der Waals surface area contributed by atoms with Gasteiger partial charge in [-0.15, -0.1) is 0 Å². The molecular weight excluding hydrogens is 446 g/mol. The van der Waals surface area contributed by atoms with Crippen molar-refractivity contribution >= 4 is 36.9 Å². The zero-order chi connectivity index (χ0) is 18.7. The number of unbranched alkanes of at least 4 members (excludes halogenated alkanes) is 6. The first-order chi connectivity index (χ1) is 12.6. The molecule has 0 unspecified atom stereocenters. The van der Waals surface area contributed by atoms with Crippen molar-refractivity contribution in [3.05, 3.63) is 60.7 Å². The zero-order valence-electron chi connectivity index (χ0n) is 16.7. The Labute approximate surface area is 174 Å². The normalized spacial score (nSPS) is 13.3. The molecule has 0 saturated carbocycles. The van der Waals surface area contributed by atoms with E-state index >= 15 is 0 Å². The van der Waals surface area contributed by atoms with E-state index in [-0.39, 0.29) is 0 Å². The third-order valence-corrected chi connectivity index (χ3v) is 17.3. The van der Waals surface area contributed by atoms with Gasteiger partial charge in [-0.3, -0.25) is 0 Å². The molecule has 2 aromatic rings. The summed E-state index contributed by atoms with van der Waals surface area (Å²) < 4.78 is -2.18. The van der Waals surface area contributed by atoms with Crippen LogP contribution in [0.2, 0.25) is 0 Å². The van der Waals surface area contributed by atoms with Gasteiger partial charge in [-0.05, 0) is 0 Å². The average Bonchev–Trinajstić information content (AvgIpc) is 2.70. The van der Waals surface area contributed by atoms with Crippen LogP contribution in [0, 0.1) is 0 Å². The number of halogens is 1. The maximum absolute atomic E-state index is 2.97. The van der Waals surface area contributed by atoms with Crippen molar-refractivity contribution < 1.29 is 0 Å². The number of hydrogen-bond acceptors (Lipinski definition) is 0. The van der Waals surface area contributed by atoms with Crippen LogP contribution in [0.5, 0.6) is 0 Å². The molecule has 0 heterocycles. The second-order valence-electron chi connectivity index (χ2n) is 7.62. The molecular formula is C24H36IP. The molecule has 0 spiro atoms. The van der Waals surface area contributed by atoms with E-state index in [1.54, 1.807) is 10.6 Å². The number of hydrogen-bond donors (Lipinski definition) is 0. The van der Waals surface area contributed by atoms with Crippen LogP contribution in [-0.2, 0) is 0 Å². The van der Waals surface area contributed by atoms with E-state index in [9.17, 15) is 0 Å². The fourth-order valence-corrected chi connectivity index (χ4v) is 13.1. The van der Waals surface area contributed by atoms with E-state index in [0.29, 0.717) is 0 Å². The van der Waals surface area contributed by atoms with Gasteiger partial charge >= 0.3 is 175 Å². The summed E-state index contributed by atoms with van der Waals surface area (Å²) >= 11 is 2.97. The van der Waals surface area contributed by atoms with E-state index < -0.39 is 4.25 Å². The molecule has 144 valence electrons. The van der Waals surface area contributed by atoms with Gasteiger partial charge in [-0.2, -0.15) is 0 Å². The molecule has 0 bridgehead atoms. The molecule has 0 aromatic heterocycles. The average molecular weight is 482 g/mol. The van der Waals surface area contributed by atoms with Gasteiger partial charge in [0.15, 0.2) is 0 Å². The monoisotopic (exact) mass is 482 g/mol.